The summed E-state index contributed by atoms with van der Waals surface area (Å²) in [7, 11) is 0. The minimum Gasteiger partial charge on any atom is -0.457 e. The minimum absolute atomic E-state index is 0.114. The molecule has 6 atom stereocenters. The van der Waals surface area contributed by atoms with E-state index in [0.717, 1.165) is 32.1 Å². The van der Waals surface area contributed by atoms with Crippen LogP contribution in [0.15, 0.2) is 24.3 Å². The molecule has 1 aliphatic heterocycles. The topological polar surface area (TPSA) is 135 Å². The number of aliphatic hydroxyl groups excluding tert-OH is 4. The average molecular weight is 797 g/mol. The van der Waals surface area contributed by atoms with Crippen molar-refractivity contribution in [2.24, 2.45) is 0 Å². The lowest BCUT2D eigenvalue weighted by atomic mass is 9.99. The molecule has 56 heavy (non-hydrogen) atoms. The van der Waals surface area contributed by atoms with E-state index >= 15 is 0 Å². The first kappa shape index (κ1) is 52.7. The van der Waals surface area contributed by atoms with Gasteiger partial charge in [0.2, 0.25) is 0 Å². The highest BCUT2D eigenvalue weighted by Gasteiger charge is 2.44. The fourth-order valence-corrected chi connectivity index (χ4v) is 7.13. The number of carbonyl (C=O) groups excluding carboxylic acids is 1. The maximum Gasteiger partial charge on any atom is 0.306 e. The molecule has 0 aromatic carbocycles. The van der Waals surface area contributed by atoms with Gasteiger partial charge in [-0.3, -0.25) is 4.79 Å². The molecule has 0 aromatic rings. The molecule has 0 spiro atoms. The van der Waals surface area contributed by atoms with Gasteiger partial charge < -0.3 is 39.4 Å². The van der Waals surface area contributed by atoms with Gasteiger partial charge in [-0.25, -0.2) is 0 Å². The van der Waals surface area contributed by atoms with Crippen LogP contribution in [0.2, 0.25) is 0 Å². The highest BCUT2D eigenvalue weighted by molar-refractivity contribution is 5.69. The highest BCUT2D eigenvalue weighted by Crippen LogP contribution is 2.22. The van der Waals surface area contributed by atoms with Crippen LogP contribution in [0, 0.1) is 0 Å². The predicted molar refractivity (Wildman–Crippen MR) is 229 cm³/mol. The van der Waals surface area contributed by atoms with Crippen molar-refractivity contribution in [3.05, 3.63) is 24.3 Å². The quantitative estimate of drug-likeness (QED) is 0.0271. The first-order valence-electron chi connectivity index (χ1n) is 23.4. The summed E-state index contributed by atoms with van der Waals surface area (Å²) in [4.78, 5) is 12.8. The number of esters is 1. The van der Waals surface area contributed by atoms with Gasteiger partial charge >= 0.3 is 5.97 Å². The number of hydrogen-bond donors (Lipinski definition) is 4. The molecule has 6 unspecified atom stereocenters. The predicted octanol–water partition coefficient (Wildman–Crippen LogP) is 10.6. The number of carbonyl (C=O) groups is 1. The van der Waals surface area contributed by atoms with Crippen LogP contribution < -0.4 is 0 Å². The van der Waals surface area contributed by atoms with Crippen molar-refractivity contribution >= 4 is 5.97 Å². The van der Waals surface area contributed by atoms with Crippen LogP contribution in [0.4, 0.5) is 0 Å². The number of aliphatic hydroxyl groups is 4. The van der Waals surface area contributed by atoms with Gasteiger partial charge in [0.05, 0.1) is 19.8 Å². The molecule has 0 saturated carbocycles. The molecule has 0 amide bonds. The second kappa shape index (κ2) is 39.1. The zero-order chi connectivity index (χ0) is 40.7. The van der Waals surface area contributed by atoms with E-state index in [0.29, 0.717) is 13.0 Å². The Balaban J connectivity index is 2.24. The SMILES string of the molecule is CCCCCC/C=C\CCCCCCCCOCC(COC1OC(CO)C(O)C(O)C1O)OC(=O)CCCCCCCCCCC/C=C\CCCCCCCC. The summed E-state index contributed by atoms with van der Waals surface area (Å²) in [5, 5.41) is 40.1. The van der Waals surface area contributed by atoms with Crippen molar-refractivity contribution in [2.75, 3.05) is 26.4 Å². The summed E-state index contributed by atoms with van der Waals surface area (Å²) in [6, 6.07) is 0. The second-order valence-corrected chi connectivity index (χ2v) is 16.2. The fourth-order valence-electron chi connectivity index (χ4n) is 7.13. The van der Waals surface area contributed by atoms with E-state index in [1.807, 2.05) is 0 Å². The normalized spacial score (nSPS) is 20.7. The molecular formula is C47H88O9. The van der Waals surface area contributed by atoms with E-state index in [2.05, 4.69) is 38.2 Å². The lowest BCUT2D eigenvalue weighted by Gasteiger charge is -2.39. The molecule has 1 saturated heterocycles. The maximum absolute atomic E-state index is 12.8. The Morgan fingerprint density at radius 3 is 1.46 bits per heavy atom. The Morgan fingerprint density at radius 1 is 0.554 bits per heavy atom. The van der Waals surface area contributed by atoms with Crippen LogP contribution in [0.25, 0.3) is 0 Å². The van der Waals surface area contributed by atoms with Gasteiger partial charge in [0.15, 0.2) is 6.29 Å². The zero-order valence-corrected chi connectivity index (χ0v) is 36.1. The zero-order valence-electron chi connectivity index (χ0n) is 36.1. The molecule has 9 nitrogen and oxygen atoms in total. The van der Waals surface area contributed by atoms with Crippen molar-refractivity contribution in [1.82, 2.24) is 0 Å². The van der Waals surface area contributed by atoms with E-state index in [1.54, 1.807) is 0 Å². The van der Waals surface area contributed by atoms with Crippen molar-refractivity contribution < 1.29 is 44.2 Å². The van der Waals surface area contributed by atoms with Crippen LogP contribution in [0.1, 0.15) is 206 Å². The lowest BCUT2D eigenvalue weighted by molar-refractivity contribution is -0.305. The third kappa shape index (κ3) is 29.8. The molecule has 1 aliphatic rings. The van der Waals surface area contributed by atoms with Crippen LogP contribution in [-0.4, -0.2) is 89.6 Å². The lowest BCUT2D eigenvalue weighted by Crippen LogP contribution is -2.59. The first-order valence-corrected chi connectivity index (χ1v) is 23.4. The van der Waals surface area contributed by atoms with Gasteiger partial charge in [-0.15, -0.1) is 0 Å². The van der Waals surface area contributed by atoms with E-state index in [9.17, 15) is 25.2 Å². The maximum atomic E-state index is 12.8. The van der Waals surface area contributed by atoms with Crippen molar-refractivity contribution in [3.63, 3.8) is 0 Å². The number of allylic oxidation sites excluding steroid dienone is 4. The Labute approximate surface area is 343 Å². The van der Waals surface area contributed by atoms with Gasteiger partial charge in [0.1, 0.15) is 30.5 Å². The van der Waals surface area contributed by atoms with Crippen molar-refractivity contribution in [1.29, 1.82) is 0 Å². The second-order valence-electron chi connectivity index (χ2n) is 16.2. The summed E-state index contributed by atoms with van der Waals surface area (Å²) in [5.74, 6) is -0.316. The van der Waals surface area contributed by atoms with Gasteiger partial charge in [-0.1, -0.05) is 160 Å². The molecule has 1 heterocycles. The highest BCUT2D eigenvalue weighted by atomic mass is 16.7. The van der Waals surface area contributed by atoms with Gasteiger partial charge in [-0.05, 0) is 64.2 Å². The van der Waals surface area contributed by atoms with Crippen molar-refractivity contribution in [2.45, 2.75) is 243 Å². The average Bonchev–Trinajstić information content (AvgIpc) is 3.20. The first-order chi connectivity index (χ1) is 27.4. The summed E-state index contributed by atoms with van der Waals surface area (Å²) in [6.45, 7) is 4.55. The molecule has 330 valence electrons. The van der Waals surface area contributed by atoms with Crippen LogP contribution >= 0.6 is 0 Å². The molecule has 9 heteroatoms. The summed E-state index contributed by atoms with van der Waals surface area (Å²) in [5.41, 5.74) is 0. The van der Waals surface area contributed by atoms with Crippen LogP contribution in [-0.2, 0) is 23.7 Å². The number of rotatable bonds is 40. The Hall–Kier alpha value is -1.33. The number of hydrogen-bond acceptors (Lipinski definition) is 9. The van der Waals surface area contributed by atoms with Gasteiger partial charge in [0.25, 0.3) is 0 Å². The Bertz CT molecular complexity index is 910. The largest absolute Gasteiger partial charge is 0.457 e. The number of unbranched alkanes of at least 4 members (excludes halogenated alkanes) is 25. The monoisotopic (exact) mass is 797 g/mol. The summed E-state index contributed by atoms with van der Waals surface area (Å²) in [6.07, 6.45) is 37.7. The van der Waals surface area contributed by atoms with Crippen LogP contribution in [0.3, 0.4) is 0 Å². The van der Waals surface area contributed by atoms with Crippen molar-refractivity contribution in [3.8, 4) is 0 Å². The smallest absolute Gasteiger partial charge is 0.306 e. The molecule has 0 aliphatic carbocycles. The minimum atomic E-state index is -1.54. The molecule has 1 fully saturated rings. The molecular weight excluding hydrogens is 709 g/mol. The number of ether oxygens (including phenoxy) is 4. The van der Waals surface area contributed by atoms with Gasteiger partial charge in [0, 0.05) is 13.0 Å². The van der Waals surface area contributed by atoms with E-state index < -0.39 is 43.4 Å². The molecule has 1 rings (SSSR count). The Morgan fingerprint density at radius 2 is 0.982 bits per heavy atom. The Kier molecular flexibility index (Phi) is 36.8. The summed E-state index contributed by atoms with van der Waals surface area (Å²) >= 11 is 0. The molecule has 0 aromatic heterocycles. The van der Waals surface area contributed by atoms with Gasteiger partial charge in [-0.2, -0.15) is 0 Å². The van der Waals surface area contributed by atoms with Crippen LogP contribution in [0.5, 0.6) is 0 Å². The molecule has 4 N–H and O–H groups in total. The van der Waals surface area contributed by atoms with E-state index in [-0.39, 0.29) is 19.2 Å². The fraction of sp³-hybridized carbons (Fsp3) is 0.894. The van der Waals surface area contributed by atoms with E-state index in [1.165, 1.54) is 154 Å². The third-order valence-electron chi connectivity index (χ3n) is 10.8. The summed E-state index contributed by atoms with van der Waals surface area (Å²) < 4.78 is 22.8. The van der Waals surface area contributed by atoms with E-state index in [4.69, 9.17) is 18.9 Å². The standard InChI is InChI=1S/C47H88O9/c1-3-5-7-9-11-13-15-17-19-20-21-22-23-24-26-28-30-32-34-36-43(49)55-41(40-54-47-46(52)45(51)44(50)42(38-48)56-47)39-53-37-35-33-31-29-27-25-18-16-14-12-10-8-6-4-2/h14,16-17,19,41-42,44-48,50-52H,3-13,15,18,20-40H2,1-2H3/b16-14-,19-17-. The third-order valence-corrected chi connectivity index (χ3v) is 10.8. The molecule has 0 bridgehead atoms. The molecule has 0 radical (unpaired) electrons.